The first-order valence-corrected chi connectivity index (χ1v) is 15.7. The minimum Gasteiger partial charge on any atom is -0.493 e. The van der Waals surface area contributed by atoms with E-state index in [4.69, 9.17) is 31.7 Å². The molecule has 0 bridgehead atoms. The summed E-state index contributed by atoms with van der Waals surface area (Å²) >= 11 is 0. The number of rotatable bonds is 15. The number of hydrazone groups is 3. The van der Waals surface area contributed by atoms with Gasteiger partial charge in [0.2, 0.25) is 17.7 Å². The van der Waals surface area contributed by atoms with E-state index in [2.05, 4.69) is 15.3 Å². The molecular formula is C36H42N6O6. The lowest BCUT2D eigenvalue weighted by molar-refractivity contribution is 0.316. The van der Waals surface area contributed by atoms with Crippen molar-refractivity contribution in [2.75, 3.05) is 19.8 Å². The van der Waals surface area contributed by atoms with Gasteiger partial charge in [-0.1, -0.05) is 39.0 Å². The lowest BCUT2D eigenvalue weighted by Crippen LogP contribution is -2.07. The molecule has 0 saturated heterocycles. The fourth-order valence-electron chi connectivity index (χ4n) is 4.99. The van der Waals surface area contributed by atoms with Crippen molar-refractivity contribution in [3.8, 4) is 50.6 Å². The summed E-state index contributed by atoms with van der Waals surface area (Å²) < 4.78 is 17.9. The first kappa shape index (κ1) is 35.0. The molecule has 12 nitrogen and oxygen atoms in total. The molecule has 48 heavy (non-hydrogen) atoms. The van der Waals surface area contributed by atoms with Crippen LogP contribution >= 0.6 is 0 Å². The Morgan fingerprint density at radius 3 is 0.958 bits per heavy atom. The van der Waals surface area contributed by atoms with Crippen molar-refractivity contribution in [3.63, 3.8) is 0 Å². The highest BCUT2D eigenvalue weighted by molar-refractivity contribution is 5.98. The molecule has 252 valence electrons. The molecule has 9 N–H and O–H groups in total. The van der Waals surface area contributed by atoms with E-state index >= 15 is 0 Å². The second kappa shape index (κ2) is 16.6. The van der Waals surface area contributed by atoms with E-state index in [0.717, 1.165) is 52.6 Å². The zero-order valence-electron chi connectivity index (χ0n) is 27.3. The molecule has 0 heterocycles. The summed E-state index contributed by atoms with van der Waals surface area (Å²) in [6.07, 6.45) is 2.28. The normalized spacial score (nSPS) is 12.2. The summed E-state index contributed by atoms with van der Waals surface area (Å²) in [7, 11) is 0. The van der Waals surface area contributed by atoms with E-state index in [-0.39, 0.29) is 17.7 Å². The Labute approximate surface area is 279 Å². The highest BCUT2D eigenvalue weighted by Gasteiger charge is 2.17. The van der Waals surface area contributed by atoms with E-state index in [1.54, 1.807) is 18.2 Å². The summed E-state index contributed by atoms with van der Waals surface area (Å²) in [5, 5.41) is 41.4. The van der Waals surface area contributed by atoms with Gasteiger partial charge in [0.15, 0.2) is 0 Å². The fourth-order valence-corrected chi connectivity index (χ4v) is 4.99. The molecule has 0 radical (unpaired) electrons. The molecule has 0 spiro atoms. The van der Waals surface area contributed by atoms with Crippen LogP contribution in [0.3, 0.4) is 0 Å². The van der Waals surface area contributed by atoms with Crippen LogP contribution in [-0.4, -0.2) is 52.8 Å². The summed E-state index contributed by atoms with van der Waals surface area (Å²) in [5.74, 6) is 16.4. The topological polar surface area (TPSA) is 204 Å². The van der Waals surface area contributed by atoms with E-state index in [0.29, 0.717) is 53.8 Å². The third-order valence-corrected chi connectivity index (χ3v) is 7.35. The maximum Gasteiger partial charge on any atom is 0.238 e. The predicted octanol–water partition coefficient (Wildman–Crippen LogP) is 6.59. The van der Waals surface area contributed by atoms with Gasteiger partial charge in [-0.15, -0.1) is 15.3 Å². The van der Waals surface area contributed by atoms with Crippen molar-refractivity contribution in [3.05, 3.63) is 89.5 Å². The lowest BCUT2D eigenvalue weighted by Gasteiger charge is -2.16. The molecule has 12 heteroatoms. The highest BCUT2D eigenvalue weighted by atomic mass is 16.5. The van der Waals surface area contributed by atoms with Crippen LogP contribution in [0.4, 0.5) is 0 Å². The number of aliphatic hydroxyl groups is 3. The van der Waals surface area contributed by atoms with Crippen molar-refractivity contribution in [1.82, 2.24) is 0 Å². The van der Waals surface area contributed by atoms with Gasteiger partial charge < -0.3 is 47.1 Å². The first-order chi connectivity index (χ1) is 23.3. The molecule has 0 atom stereocenters. The lowest BCUT2D eigenvalue weighted by atomic mass is 9.92. The second-order valence-corrected chi connectivity index (χ2v) is 10.8. The Balaban J connectivity index is 1.97. The Hall–Kier alpha value is -5.91. The van der Waals surface area contributed by atoms with Crippen molar-refractivity contribution in [1.29, 1.82) is 0 Å². The quantitative estimate of drug-likeness (QED) is 0.0354. The molecule has 0 unspecified atom stereocenters. The smallest absolute Gasteiger partial charge is 0.238 e. The van der Waals surface area contributed by atoms with Crippen LogP contribution < -0.4 is 31.7 Å². The number of aliphatic hydroxyl groups excluding tert-OH is 3. The van der Waals surface area contributed by atoms with Crippen LogP contribution in [0.25, 0.3) is 33.4 Å². The molecule has 0 amide bonds. The molecular weight excluding hydrogens is 612 g/mol. The molecule has 4 aromatic carbocycles. The average Bonchev–Trinajstić information content (AvgIpc) is 3.13. The van der Waals surface area contributed by atoms with E-state index in [9.17, 15) is 15.3 Å². The Morgan fingerprint density at radius 2 is 0.729 bits per heavy atom. The Bertz CT molecular complexity index is 1600. The summed E-state index contributed by atoms with van der Waals surface area (Å²) in [4.78, 5) is 0. The van der Waals surface area contributed by atoms with Gasteiger partial charge in [-0.3, -0.25) is 0 Å². The molecule has 0 aliphatic heterocycles. The average molecular weight is 655 g/mol. The SMILES string of the molecule is CCCOc1cc(-c2cc(-c3ccc(C(O)=NN)c(OCCC)c3)cc(-c3ccc(C(O)=NN)c(OCCC)c3)c2)ccc1C(O)=NN. The number of benzene rings is 4. The summed E-state index contributed by atoms with van der Waals surface area (Å²) in [6.45, 7) is 7.25. The van der Waals surface area contributed by atoms with E-state index in [1.165, 1.54) is 0 Å². The van der Waals surface area contributed by atoms with Crippen LogP contribution in [0.2, 0.25) is 0 Å². The molecule has 4 rings (SSSR count). The van der Waals surface area contributed by atoms with Crippen molar-refractivity contribution >= 4 is 17.7 Å². The minimum absolute atomic E-state index is 0.338. The van der Waals surface area contributed by atoms with Crippen molar-refractivity contribution in [2.45, 2.75) is 40.0 Å². The van der Waals surface area contributed by atoms with Gasteiger partial charge in [0.05, 0.1) is 36.5 Å². The molecule has 0 fully saturated rings. The number of nitrogens with two attached hydrogens (primary N) is 3. The van der Waals surface area contributed by atoms with E-state index < -0.39 is 0 Å². The van der Waals surface area contributed by atoms with Gasteiger partial charge in [0.1, 0.15) is 17.2 Å². The summed E-state index contributed by atoms with van der Waals surface area (Å²) in [5.41, 5.74) is 6.01. The fraction of sp³-hybridized carbons (Fsp3) is 0.250. The van der Waals surface area contributed by atoms with Crippen molar-refractivity contribution in [2.24, 2.45) is 32.8 Å². The van der Waals surface area contributed by atoms with Gasteiger partial charge in [0.25, 0.3) is 0 Å². The van der Waals surface area contributed by atoms with Crippen LogP contribution in [0.15, 0.2) is 88.1 Å². The minimum atomic E-state index is -0.338. The molecule has 4 aromatic rings. The monoisotopic (exact) mass is 654 g/mol. The predicted molar refractivity (Wildman–Crippen MR) is 190 cm³/mol. The van der Waals surface area contributed by atoms with Crippen LogP contribution in [0.5, 0.6) is 17.2 Å². The standard InChI is InChI=1S/C36H42N6O6/c1-4-13-46-31-19-22(7-10-28(31)34(43)40-37)25-16-26(23-8-11-29(35(44)41-38)32(20-23)47-14-5-2)18-27(17-25)24-9-12-30(36(45)42-39)33(21-24)48-15-6-3/h7-12,16-21H,4-6,13-15,37-39H2,1-3H3,(H,40,43)(H,41,44)(H,42,45). The Kier molecular flexibility index (Phi) is 12.1. The van der Waals surface area contributed by atoms with Gasteiger partial charge in [-0.05, 0) is 107 Å². The van der Waals surface area contributed by atoms with Gasteiger partial charge in [0, 0.05) is 0 Å². The van der Waals surface area contributed by atoms with Gasteiger partial charge in [-0.2, -0.15) is 0 Å². The zero-order chi connectivity index (χ0) is 34.6. The number of hydrogen-bond acceptors (Lipinski definition) is 9. The maximum atomic E-state index is 10.3. The number of hydrogen-bond donors (Lipinski definition) is 6. The molecule has 0 aliphatic carbocycles. The van der Waals surface area contributed by atoms with Gasteiger partial charge >= 0.3 is 0 Å². The molecule has 0 saturated carbocycles. The third-order valence-electron chi connectivity index (χ3n) is 7.35. The van der Waals surface area contributed by atoms with Crippen LogP contribution in [0.1, 0.15) is 56.7 Å². The number of nitrogens with zero attached hydrogens (tertiary/aromatic N) is 3. The maximum absolute atomic E-state index is 10.3. The number of ether oxygens (including phenoxy) is 3. The van der Waals surface area contributed by atoms with Crippen molar-refractivity contribution < 1.29 is 29.5 Å². The third kappa shape index (κ3) is 8.08. The summed E-state index contributed by atoms with van der Waals surface area (Å²) in [6, 6.07) is 22.2. The largest absolute Gasteiger partial charge is 0.493 e. The first-order valence-electron chi connectivity index (χ1n) is 15.7. The van der Waals surface area contributed by atoms with Crippen LogP contribution in [0, 0.1) is 0 Å². The highest BCUT2D eigenvalue weighted by Crippen LogP contribution is 2.38. The zero-order valence-corrected chi connectivity index (χ0v) is 27.3. The van der Waals surface area contributed by atoms with E-state index in [1.807, 2.05) is 75.4 Å². The van der Waals surface area contributed by atoms with Gasteiger partial charge in [-0.25, -0.2) is 0 Å². The second-order valence-electron chi connectivity index (χ2n) is 10.8. The molecule has 0 aromatic heterocycles. The Morgan fingerprint density at radius 1 is 0.458 bits per heavy atom. The molecule has 0 aliphatic rings. The van der Waals surface area contributed by atoms with Crippen LogP contribution in [-0.2, 0) is 0 Å².